The number of allylic oxidation sites excluding steroid dienone is 1. The van der Waals surface area contributed by atoms with Gasteiger partial charge in [-0.3, -0.25) is 14.2 Å². The molecule has 2 rings (SSSR count). The van der Waals surface area contributed by atoms with E-state index in [-0.39, 0.29) is 17.8 Å². The van der Waals surface area contributed by atoms with Crippen LogP contribution in [0.2, 0.25) is 0 Å². The number of H-pyrrole nitrogens is 1. The normalized spacial score (nSPS) is 14.2. The van der Waals surface area contributed by atoms with Crippen molar-refractivity contribution in [2.75, 3.05) is 0 Å². The second kappa shape index (κ2) is 2.80. The lowest BCUT2D eigenvalue weighted by atomic mass is 10.0. The van der Waals surface area contributed by atoms with Gasteiger partial charge in [-0.15, -0.1) is 0 Å². The van der Waals surface area contributed by atoms with Crippen LogP contribution >= 0.6 is 0 Å². The average Bonchev–Trinajstić information content (AvgIpc) is 2.14. The molecule has 0 fully saturated rings. The van der Waals surface area contributed by atoms with Crippen LogP contribution in [0.5, 0.6) is 0 Å². The largest absolute Gasteiger partial charge is 0.328 e. The second-order valence-electron chi connectivity index (χ2n) is 3.11. The molecule has 1 aliphatic carbocycles. The van der Waals surface area contributed by atoms with Crippen molar-refractivity contribution in [3.8, 4) is 0 Å². The number of aromatic amines is 1. The summed E-state index contributed by atoms with van der Waals surface area (Å²) in [7, 11) is 1.34. The van der Waals surface area contributed by atoms with Crippen molar-refractivity contribution >= 4 is 11.9 Å². The highest BCUT2D eigenvalue weighted by molar-refractivity contribution is 6.01. The lowest BCUT2D eigenvalue weighted by Crippen LogP contribution is -2.38. The number of nitrogens with zero attached hydrogens (tertiary/aromatic N) is 1. The van der Waals surface area contributed by atoms with Gasteiger partial charge in [0.1, 0.15) is 5.56 Å². The van der Waals surface area contributed by atoms with Crippen molar-refractivity contribution in [1.82, 2.24) is 9.55 Å². The molecule has 14 heavy (non-hydrogen) atoms. The molecule has 0 radical (unpaired) electrons. The maximum Gasteiger partial charge on any atom is 0.328 e. The number of hydrogen-bond acceptors (Lipinski definition) is 3. The van der Waals surface area contributed by atoms with Crippen molar-refractivity contribution in [3.63, 3.8) is 0 Å². The standard InChI is InChI=1S/C9H8N2O3/c1-11-8(13)7-5(10-9(11)14)3-2-4-6(7)12/h2-3H,4H2,1H3,(H,10,14). The zero-order valence-electron chi connectivity index (χ0n) is 7.53. The molecule has 5 nitrogen and oxygen atoms in total. The molecule has 0 bridgehead atoms. The smallest absolute Gasteiger partial charge is 0.307 e. The second-order valence-corrected chi connectivity index (χ2v) is 3.11. The first-order valence-corrected chi connectivity index (χ1v) is 4.14. The summed E-state index contributed by atoms with van der Waals surface area (Å²) in [5.74, 6) is -0.251. The lowest BCUT2D eigenvalue weighted by Gasteiger charge is -2.08. The Bertz CT molecular complexity index is 548. The van der Waals surface area contributed by atoms with Gasteiger partial charge in [-0.1, -0.05) is 6.08 Å². The van der Waals surface area contributed by atoms with Gasteiger partial charge in [0.25, 0.3) is 5.56 Å². The van der Waals surface area contributed by atoms with Gasteiger partial charge in [-0.05, 0) is 6.08 Å². The summed E-state index contributed by atoms with van der Waals surface area (Å²) in [6, 6.07) is 0. The van der Waals surface area contributed by atoms with Crippen LogP contribution in [-0.4, -0.2) is 15.3 Å². The van der Waals surface area contributed by atoms with Crippen LogP contribution in [0.3, 0.4) is 0 Å². The van der Waals surface area contributed by atoms with E-state index < -0.39 is 11.2 Å². The topological polar surface area (TPSA) is 71.9 Å². The molecule has 1 heterocycles. The quantitative estimate of drug-likeness (QED) is 0.612. The summed E-state index contributed by atoms with van der Waals surface area (Å²) in [6.07, 6.45) is 3.42. The minimum atomic E-state index is -0.530. The van der Waals surface area contributed by atoms with Gasteiger partial charge in [0, 0.05) is 13.5 Å². The number of carbonyl (C=O) groups is 1. The minimum Gasteiger partial charge on any atom is -0.307 e. The number of aromatic nitrogens is 2. The van der Waals surface area contributed by atoms with Crippen molar-refractivity contribution in [3.05, 3.63) is 38.2 Å². The Labute approximate surface area is 78.7 Å². The maximum absolute atomic E-state index is 11.5. The first-order chi connectivity index (χ1) is 6.61. The van der Waals surface area contributed by atoms with Gasteiger partial charge in [-0.2, -0.15) is 0 Å². The van der Waals surface area contributed by atoms with Crippen LogP contribution in [0.1, 0.15) is 22.5 Å². The Morgan fingerprint density at radius 3 is 2.79 bits per heavy atom. The Morgan fingerprint density at radius 2 is 2.07 bits per heavy atom. The van der Waals surface area contributed by atoms with Gasteiger partial charge in [0.15, 0.2) is 5.78 Å². The zero-order valence-corrected chi connectivity index (χ0v) is 7.53. The Morgan fingerprint density at radius 1 is 1.36 bits per heavy atom. The van der Waals surface area contributed by atoms with Crippen LogP contribution in [0.4, 0.5) is 0 Å². The average molecular weight is 192 g/mol. The molecule has 0 unspecified atom stereocenters. The van der Waals surface area contributed by atoms with E-state index in [1.54, 1.807) is 12.2 Å². The van der Waals surface area contributed by atoms with E-state index in [1.165, 1.54) is 7.05 Å². The fourth-order valence-electron chi connectivity index (χ4n) is 1.42. The molecule has 72 valence electrons. The molecule has 1 N–H and O–H groups in total. The summed E-state index contributed by atoms with van der Waals surface area (Å²) in [6.45, 7) is 0. The number of ketones is 1. The summed E-state index contributed by atoms with van der Waals surface area (Å²) in [5.41, 5.74) is -0.643. The molecule has 0 aromatic carbocycles. The fraction of sp³-hybridized carbons (Fsp3) is 0.222. The van der Waals surface area contributed by atoms with Gasteiger partial charge in [0.2, 0.25) is 0 Å². The highest BCUT2D eigenvalue weighted by Gasteiger charge is 2.19. The third-order valence-corrected chi connectivity index (χ3v) is 2.20. The number of nitrogens with one attached hydrogen (secondary N) is 1. The lowest BCUT2D eigenvalue weighted by molar-refractivity contribution is 0.0992. The van der Waals surface area contributed by atoms with E-state index in [0.717, 1.165) is 4.57 Å². The van der Waals surface area contributed by atoms with Gasteiger partial charge in [-0.25, -0.2) is 4.79 Å². The maximum atomic E-state index is 11.5. The van der Waals surface area contributed by atoms with E-state index in [4.69, 9.17) is 0 Å². The molecule has 0 spiro atoms. The molecule has 0 saturated carbocycles. The van der Waals surface area contributed by atoms with Crippen molar-refractivity contribution in [2.24, 2.45) is 7.05 Å². The van der Waals surface area contributed by atoms with Gasteiger partial charge >= 0.3 is 5.69 Å². The monoisotopic (exact) mass is 192 g/mol. The molecule has 0 atom stereocenters. The Kier molecular flexibility index (Phi) is 1.73. The summed E-state index contributed by atoms with van der Waals surface area (Å²) < 4.78 is 0.899. The third-order valence-electron chi connectivity index (χ3n) is 2.20. The molecule has 5 heteroatoms. The molecule has 1 aliphatic rings. The number of fused-ring (bicyclic) bond motifs is 1. The van der Waals surface area contributed by atoms with E-state index in [9.17, 15) is 14.4 Å². The third kappa shape index (κ3) is 1.06. The zero-order chi connectivity index (χ0) is 10.3. The number of carbonyl (C=O) groups excluding carboxylic acids is 1. The SMILES string of the molecule is Cn1c(=O)[nH]c2c(c1=O)C(=O)CC=C2. The van der Waals surface area contributed by atoms with Crippen molar-refractivity contribution < 1.29 is 4.79 Å². The minimum absolute atomic E-state index is 0.0783. The number of Topliss-reactive ketones (excluding diaryl/α,β-unsaturated/α-hetero) is 1. The van der Waals surface area contributed by atoms with Crippen LogP contribution in [-0.2, 0) is 7.05 Å². The van der Waals surface area contributed by atoms with E-state index in [1.807, 2.05) is 0 Å². The highest BCUT2D eigenvalue weighted by Crippen LogP contribution is 2.11. The van der Waals surface area contributed by atoms with E-state index >= 15 is 0 Å². The van der Waals surface area contributed by atoms with Crippen LogP contribution in [0, 0.1) is 0 Å². The number of rotatable bonds is 0. The highest BCUT2D eigenvalue weighted by atomic mass is 16.2. The first kappa shape index (κ1) is 8.68. The molecule has 0 aliphatic heterocycles. The predicted molar refractivity (Wildman–Crippen MR) is 50.3 cm³/mol. The predicted octanol–water partition coefficient (Wildman–Crippen LogP) is -0.327. The van der Waals surface area contributed by atoms with Crippen LogP contribution in [0.15, 0.2) is 15.7 Å². The number of hydrogen-bond donors (Lipinski definition) is 1. The molecule has 1 aromatic rings. The first-order valence-electron chi connectivity index (χ1n) is 4.14. The van der Waals surface area contributed by atoms with Crippen molar-refractivity contribution in [1.29, 1.82) is 0 Å². The van der Waals surface area contributed by atoms with Crippen molar-refractivity contribution in [2.45, 2.75) is 6.42 Å². The Hall–Kier alpha value is -1.91. The fourth-order valence-corrected chi connectivity index (χ4v) is 1.42. The Balaban J connectivity index is 2.92. The molecular formula is C9H8N2O3. The van der Waals surface area contributed by atoms with E-state index in [0.29, 0.717) is 5.69 Å². The van der Waals surface area contributed by atoms with Crippen LogP contribution < -0.4 is 11.2 Å². The summed E-state index contributed by atoms with van der Waals surface area (Å²) in [4.78, 5) is 36.6. The summed E-state index contributed by atoms with van der Waals surface area (Å²) >= 11 is 0. The van der Waals surface area contributed by atoms with Crippen LogP contribution in [0.25, 0.3) is 6.08 Å². The molecule has 1 aromatic heterocycles. The molecular weight excluding hydrogens is 184 g/mol. The van der Waals surface area contributed by atoms with Gasteiger partial charge in [0.05, 0.1) is 5.69 Å². The van der Waals surface area contributed by atoms with E-state index in [2.05, 4.69) is 4.98 Å². The van der Waals surface area contributed by atoms with Gasteiger partial charge < -0.3 is 4.98 Å². The summed E-state index contributed by atoms with van der Waals surface area (Å²) in [5, 5.41) is 0. The molecule has 0 saturated heterocycles. The molecule has 0 amide bonds.